The van der Waals surface area contributed by atoms with E-state index in [0.717, 1.165) is 36.5 Å². The lowest BCUT2D eigenvalue weighted by Gasteiger charge is -2.11. The van der Waals surface area contributed by atoms with Crippen molar-refractivity contribution in [3.63, 3.8) is 0 Å². The smallest absolute Gasteiger partial charge is 0.261 e. The Hall–Kier alpha value is -3.39. The Morgan fingerprint density at radius 3 is 2.71 bits per heavy atom. The lowest BCUT2D eigenvalue weighted by atomic mass is 10.1. The van der Waals surface area contributed by atoms with Crippen molar-refractivity contribution >= 4 is 21.6 Å². The van der Waals surface area contributed by atoms with Crippen molar-refractivity contribution in [2.24, 2.45) is 0 Å². The van der Waals surface area contributed by atoms with Gasteiger partial charge >= 0.3 is 0 Å². The fraction of sp³-hybridized carbons (Fsp3) is 0.217. The van der Waals surface area contributed by atoms with Crippen LogP contribution in [0.25, 0.3) is 11.3 Å². The number of hydrogen-bond donors (Lipinski definition) is 2. The third-order valence-corrected chi connectivity index (χ3v) is 6.53. The van der Waals surface area contributed by atoms with Crippen LogP contribution >= 0.6 is 0 Å². The van der Waals surface area contributed by atoms with Gasteiger partial charge < -0.3 is 9.88 Å². The molecule has 4 rings (SSSR count). The van der Waals surface area contributed by atoms with Crippen LogP contribution in [0.1, 0.15) is 29.0 Å². The fourth-order valence-electron chi connectivity index (χ4n) is 3.55. The molecule has 0 saturated heterocycles. The number of carbonyl (C=O) groups is 1. The second-order valence-electron chi connectivity index (χ2n) is 7.40. The molecule has 2 aromatic carbocycles. The van der Waals surface area contributed by atoms with Crippen LogP contribution in [0.2, 0.25) is 0 Å². The normalized spacial score (nSPS) is 13.3. The Labute approximate surface area is 181 Å². The lowest BCUT2D eigenvalue weighted by molar-refractivity contribution is 0.0958. The number of hydrogen-bond acceptors (Lipinski definition) is 4. The minimum atomic E-state index is -3.84. The second kappa shape index (κ2) is 8.77. The number of benzene rings is 2. The van der Waals surface area contributed by atoms with Crippen molar-refractivity contribution in [1.82, 2.24) is 14.9 Å². The molecule has 3 aromatic rings. The molecule has 2 N–H and O–H groups in total. The van der Waals surface area contributed by atoms with Crippen LogP contribution in [0.15, 0.2) is 72.3 Å². The van der Waals surface area contributed by atoms with Crippen LogP contribution in [-0.2, 0) is 23.0 Å². The predicted octanol–water partition coefficient (Wildman–Crippen LogP) is 3.60. The number of carbonyl (C=O) groups excluding carboxylic acids is 1. The first-order valence-corrected chi connectivity index (χ1v) is 11.6. The highest BCUT2D eigenvalue weighted by Crippen LogP contribution is 2.25. The van der Waals surface area contributed by atoms with Gasteiger partial charge in [0.2, 0.25) is 0 Å². The molecule has 8 heteroatoms. The average molecular weight is 437 g/mol. The predicted molar refractivity (Wildman–Crippen MR) is 120 cm³/mol. The van der Waals surface area contributed by atoms with Gasteiger partial charge in [0, 0.05) is 42.5 Å². The summed E-state index contributed by atoms with van der Waals surface area (Å²) in [6.45, 7) is 4.84. The van der Waals surface area contributed by atoms with Crippen LogP contribution < -0.4 is 10.0 Å². The molecule has 7 nitrogen and oxygen atoms in total. The largest absolute Gasteiger partial charge is 0.349 e. The minimum absolute atomic E-state index is 0.0182. The van der Waals surface area contributed by atoms with Crippen LogP contribution in [0.4, 0.5) is 5.69 Å². The molecule has 0 bridgehead atoms. The summed E-state index contributed by atoms with van der Waals surface area (Å²) in [6, 6.07) is 13.0. The van der Waals surface area contributed by atoms with Gasteiger partial charge in [0.25, 0.3) is 15.9 Å². The van der Waals surface area contributed by atoms with Crippen molar-refractivity contribution in [2.45, 2.75) is 30.7 Å². The average Bonchev–Trinajstić information content (AvgIpc) is 3.22. The highest BCUT2D eigenvalue weighted by atomic mass is 32.2. The molecule has 1 amide bonds. The molecule has 1 aliphatic heterocycles. The van der Waals surface area contributed by atoms with Crippen LogP contribution in [0.3, 0.4) is 0 Å². The Balaban J connectivity index is 1.50. The number of aromatic nitrogens is 2. The maximum atomic E-state index is 12.8. The van der Waals surface area contributed by atoms with Crippen LogP contribution in [0.5, 0.6) is 0 Å². The van der Waals surface area contributed by atoms with Gasteiger partial charge in [-0.25, -0.2) is 13.4 Å². The fourth-order valence-corrected chi connectivity index (χ4v) is 4.65. The zero-order valence-electron chi connectivity index (χ0n) is 17.0. The molecular formula is C23H24N4O3S. The van der Waals surface area contributed by atoms with E-state index in [-0.39, 0.29) is 16.4 Å². The van der Waals surface area contributed by atoms with Gasteiger partial charge in [0.15, 0.2) is 0 Å². The number of sulfonamides is 1. The first-order valence-electron chi connectivity index (χ1n) is 10.1. The summed E-state index contributed by atoms with van der Waals surface area (Å²) >= 11 is 0. The number of nitrogens with one attached hydrogen (secondary N) is 2. The van der Waals surface area contributed by atoms with E-state index in [1.807, 2.05) is 12.1 Å². The van der Waals surface area contributed by atoms with E-state index in [0.29, 0.717) is 12.2 Å². The van der Waals surface area contributed by atoms with Gasteiger partial charge in [0.1, 0.15) is 5.82 Å². The third-order valence-electron chi connectivity index (χ3n) is 5.15. The van der Waals surface area contributed by atoms with Crippen LogP contribution in [-0.4, -0.2) is 30.4 Å². The van der Waals surface area contributed by atoms with Gasteiger partial charge in [-0.05, 0) is 43.2 Å². The third kappa shape index (κ3) is 4.69. The molecule has 1 aromatic heterocycles. The number of aryl methyl sites for hydroxylation is 2. The summed E-state index contributed by atoms with van der Waals surface area (Å²) in [5, 5.41) is 2.64. The van der Waals surface area contributed by atoms with E-state index in [9.17, 15) is 13.2 Å². The summed E-state index contributed by atoms with van der Waals surface area (Å²) in [4.78, 5) is 16.8. The molecule has 0 saturated carbocycles. The Bertz CT molecular complexity index is 1190. The number of fused-ring (bicyclic) bond motifs is 1. The highest BCUT2D eigenvalue weighted by Gasteiger charge is 2.17. The summed E-state index contributed by atoms with van der Waals surface area (Å²) in [5.74, 6) is 0.743. The van der Waals surface area contributed by atoms with Crippen molar-refractivity contribution < 1.29 is 13.2 Å². The van der Waals surface area contributed by atoms with Crippen LogP contribution in [0, 0.1) is 0 Å². The van der Waals surface area contributed by atoms with E-state index in [1.165, 1.54) is 18.6 Å². The Morgan fingerprint density at radius 2 is 1.97 bits per heavy atom. The molecule has 0 spiro atoms. The van der Waals surface area contributed by atoms with Gasteiger partial charge in [-0.3, -0.25) is 9.52 Å². The molecular weight excluding hydrogens is 412 g/mol. The molecule has 31 heavy (non-hydrogen) atoms. The van der Waals surface area contributed by atoms with Crippen molar-refractivity contribution in [1.29, 1.82) is 0 Å². The SMILES string of the molecule is C=CCNC(=O)c1cccc(S(=O)(=O)Nc2ccc(-c3cn4c(n3)CCCC4)cc2)c1. The number of nitrogens with zero attached hydrogens (tertiary/aromatic N) is 2. The van der Waals surface area contributed by atoms with Gasteiger partial charge in [-0.1, -0.05) is 24.3 Å². The number of amides is 1. The first-order chi connectivity index (χ1) is 15.0. The van der Waals surface area contributed by atoms with E-state index in [1.54, 1.807) is 30.3 Å². The monoisotopic (exact) mass is 436 g/mol. The number of imidazole rings is 1. The zero-order chi connectivity index (χ0) is 21.8. The number of rotatable bonds is 7. The highest BCUT2D eigenvalue weighted by molar-refractivity contribution is 7.92. The minimum Gasteiger partial charge on any atom is -0.349 e. The lowest BCUT2D eigenvalue weighted by Crippen LogP contribution is -2.23. The van der Waals surface area contributed by atoms with Crippen molar-refractivity contribution in [2.75, 3.05) is 11.3 Å². The molecule has 160 valence electrons. The van der Waals surface area contributed by atoms with Crippen molar-refractivity contribution in [3.8, 4) is 11.3 Å². The van der Waals surface area contributed by atoms with Gasteiger partial charge in [0.05, 0.1) is 10.6 Å². The van der Waals surface area contributed by atoms with E-state index in [4.69, 9.17) is 4.98 Å². The van der Waals surface area contributed by atoms with Gasteiger partial charge in [-0.2, -0.15) is 0 Å². The van der Waals surface area contributed by atoms with E-state index in [2.05, 4.69) is 27.4 Å². The summed E-state index contributed by atoms with van der Waals surface area (Å²) < 4.78 is 30.4. The first kappa shape index (κ1) is 20.9. The summed E-state index contributed by atoms with van der Waals surface area (Å²) in [7, 11) is -3.84. The summed E-state index contributed by atoms with van der Waals surface area (Å²) in [5.41, 5.74) is 2.54. The number of anilines is 1. The molecule has 0 unspecified atom stereocenters. The maximum Gasteiger partial charge on any atom is 0.261 e. The molecule has 1 aliphatic rings. The van der Waals surface area contributed by atoms with Gasteiger partial charge in [-0.15, -0.1) is 6.58 Å². The Morgan fingerprint density at radius 1 is 1.16 bits per heavy atom. The molecule has 0 fully saturated rings. The standard InChI is InChI=1S/C23H24N4O3S/c1-2-13-24-23(28)18-6-5-7-20(15-18)31(29,30)26-19-11-9-17(10-12-19)21-16-27-14-4-3-8-22(27)25-21/h2,5-7,9-12,15-16,26H,1,3-4,8,13-14H2,(H,24,28). The second-order valence-corrected chi connectivity index (χ2v) is 9.08. The maximum absolute atomic E-state index is 12.8. The molecule has 0 atom stereocenters. The van der Waals surface area contributed by atoms with E-state index >= 15 is 0 Å². The molecule has 0 radical (unpaired) electrons. The quantitative estimate of drug-likeness (QED) is 0.554. The molecule has 2 heterocycles. The molecule has 0 aliphatic carbocycles. The summed E-state index contributed by atoms with van der Waals surface area (Å²) in [6.07, 6.45) is 6.93. The van der Waals surface area contributed by atoms with E-state index < -0.39 is 10.0 Å². The Kier molecular flexibility index (Phi) is 5.90. The zero-order valence-corrected chi connectivity index (χ0v) is 17.9. The topological polar surface area (TPSA) is 93.1 Å². The van der Waals surface area contributed by atoms with Crippen molar-refractivity contribution in [3.05, 3.63) is 78.8 Å².